The standard InChI is InChI=1S/C15H30N2O/c1-12(11-15(2,3)4)10-14(18)17-9-7-13-6-5-8-16-13/h12-13,16H,5-11H2,1-4H3,(H,17,18)/t12?,13-/m0/s1. The molecule has 1 saturated heterocycles. The summed E-state index contributed by atoms with van der Waals surface area (Å²) in [5, 5.41) is 6.50. The Morgan fingerprint density at radius 1 is 1.44 bits per heavy atom. The summed E-state index contributed by atoms with van der Waals surface area (Å²) in [6, 6.07) is 0.622. The summed E-state index contributed by atoms with van der Waals surface area (Å²) in [7, 11) is 0. The van der Waals surface area contributed by atoms with Gasteiger partial charge in [-0.05, 0) is 43.6 Å². The number of hydrogen-bond donors (Lipinski definition) is 2. The van der Waals surface area contributed by atoms with E-state index in [2.05, 4.69) is 38.3 Å². The molecule has 0 aliphatic carbocycles. The number of carbonyl (C=O) groups is 1. The van der Waals surface area contributed by atoms with Crippen molar-refractivity contribution in [1.29, 1.82) is 0 Å². The molecule has 2 atom stereocenters. The van der Waals surface area contributed by atoms with Crippen molar-refractivity contribution in [3.8, 4) is 0 Å². The van der Waals surface area contributed by atoms with Crippen LogP contribution in [0, 0.1) is 11.3 Å². The van der Waals surface area contributed by atoms with Crippen molar-refractivity contribution in [3.63, 3.8) is 0 Å². The van der Waals surface area contributed by atoms with Crippen LogP contribution in [0.1, 0.15) is 59.8 Å². The molecule has 1 rings (SSSR count). The van der Waals surface area contributed by atoms with Crippen molar-refractivity contribution in [1.82, 2.24) is 10.6 Å². The molecule has 1 unspecified atom stereocenters. The van der Waals surface area contributed by atoms with E-state index < -0.39 is 0 Å². The minimum Gasteiger partial charge on any atom is -0.356 e. The molecule has 3 nitrogen and oxygen atoms in total. The monoisotopic (exact) mass is 254 g/mol. The van der Waals surface area contributed by atoms with Gasteiger partial charge < -0.3 is 10.6 Å². The van der Waals surface area contributed by atoms with Crippen LogP contribution >= 0.6 is 0 Å². The Labute approximate surface area is 112 Å². The van der Waals surface area contributed by atoms with E-state index in [9.17, 15) is 4.79 Å². The van der Waals surface area contributed by atoms with Crippen molar-refractivity contribution in [2.45, 2.75) is 65.8 Å². The quantitative estimate of drug-likeness (QED) is 0.765. The van der Waals surface area contributed by atoms with Gasteiger partial charge >= 0.3 is 0 Å². The average molecular weight is 254 g/mol. The highest BCUT2D eigenvalue weighted by atomic mass is 16.1. The fourth-order valence-electron chi connectivity index (χ4n) is 2.90. The molecule has 0 saturated carbocycles. The lowest BCUT2D eigenvalue weighted by Gasteiger charge is -2.22. The molecule has 1 heterocycles. The van der Waals surface area contributed by atoms with Crippen molar-refractivity contribution in [2.75, 3.05) is 13.1 Å². The van der Waals surface area contributed by atoms with Crippen molar-refractivity contribution in [2.24, 2.45) is 11.3 Å². The largest absolute Gasteiger partial charge is 0.356 e. The van der Waals surface area contributed by atoms with Crippen LogP contribution in [0.2, 0.25) is 0 Å². The molecule has 2 N–H and O–H groups in total. The Kier molecular flexibility index (Phi) is 6.13. The summed E-state index contributed by atoms with van der Waals surface area (Å²) in [6.07, 6.45) is 5.37. The van der Waals surface area contributed by atoms with Crippen LogP contribution in [0.5, 0.6) is 0 Å². The van der Waals surface area contributed by atoms with Gasteiger partial charge in [-0.15, -0.1) is 0 Å². The highest BCUT2D eigenvalue weighted by Crippen LogP contribution is 2.25. The second-order valence-electron chi connectivity index (χ2n) is 7.01. The predicted molar refractivity (Wildman–Crippen MR) is 76.5 cm³/mol. The van der Waals surface area contributed by atoms with Crippen molar-refractivity contribution in [3.05, 3.63) is 0 Å². The molecule has 0 aromatic heterocycles. The first kappa shape index (κ1) is 15.5. The van der Waals surface area contributed by atoms with Crippen LogP contribution in [-0.2, 0) is 4.79 Å². The Morgan fingerprint density at radius 3 is 2.72 bits per heavy atom. The number of rotatable bonds is 6. The van der Waals surface area contributed by atoms with Gasteiger partial charge in [0, 0.05) is 19.0 Å². The lowest BCUT2D eigenvalue weighted by molar-refractivity contribution is -0.122. The first-order chi connectivity index (χ1) is 8.37. The Bertz CT molecular complexity index is 252. The molecule has 18 heavy (non-hydrogen) atoms. The summed E-state index contributed by atoms with van der Waals surface area (Å²) in [5.74, 6) is 0.680. The predicted octanol–water partition coefficient (Wildman–Crippen LogP) is 2.71. The number of nitrogens with one attached hydrogen (secondary N) is 2. The summed E-state index contributed by atoms with van der Waals surface area (Å²) >= 11 is 0. The minimum absolute atomic E-state index is 0.213. The topological polar surface area (TPSA) is 41.1 Å². The van der Waals surface area contributed by atoms with E-state index in [0.29, 0.717) is 23.8 Å². The summed E-state index contributed by atoms with van der Waals surface area (Å²) < 4.78 is 0. The lowest BCUT2D eigenvalue weighted by atomic mass is 9.84. The number of hydrogen-bond acceptors (Lipinski definition) is 2. The Morgan fingerprint density at radius 2 is 2.17 bits per heavy atom. The third-order valence-electron chi connectivity index (χ3n) is 3.47. The van der Waals surface area contributed by atoms with Crippen LogP contribution in [0.15, 0.2) is 0 Å². The molecular weight excluding hydrogens is 224 g/mol. The average Bonchev–Trinajstić information content (AvgIpc) is 2.66. The van der Waals surface area contributed by atoms with E-state index >= 15 is 0 Å². The highest BCUT2D eigenvalue weighted by Gasteiger charge is 2.18. The zero-order chi connectivity index (χ0) is 13.6. The third kappa shape index (κ3) is 7.00. The van der Waals surface area contributed by atoms with Crippen molar-refractivity contribution >= 4 is 5.91 Å². The molecule has 0 aromatic carbocycles. The molecule has 1 aliphatic rings. The first-order valence-corrected chi connectivity index (χ1v) is 7.37. The van der Waals surface area contributed by atoms with Gasteiger partial charge in [-0.3, -0.25) is 4.79 Å². The van der Waals surface area contributed by atoms with Crippen LogP contribution in [0.4, 0.5) is 0 Å². The number of amides is 1. The van der Waals surface area contributed by atoms with Crippen LogP contribution < -0.4 is 10.6 Å². The van der Waals surface area contributed by atoms with Gasteiger partial charge in [-0.25, -0.2) is 0 Å². The van der Waals surface area contributed by atoms with Crippen LogP contribution in [0.3, 0.4) is 0 Å². The van der Waals surface area contributed by atoms with E-state index in [-0.39, 0.29) is 5.91 Å². The minimum atomic E-state index is 0.213. The smallest absolute Gasteiger partial charge is 0.220 e. The molecule has 0 radical (unpaired) electrons. The van der Waals surface area contributed by atoms with Crippen molar-refractivity contribution < 1.29 is 4.79 Å². The maximum Gasteiger partial charge on any atom is 0.220 e. The van der Waals surface area contributed by atoms with E-state index in [4.69, 9.17) is 0 Å². The SMILES string of the molecule is CC(CC(=O)NCC[C@@H]1CCCN1)CC(C)(C)C. The zero-order valence-corrected chi connectivity index (χ0v) is 12.5. The maximum atomic E-state index is 11.8. The summed E-state index contributed by atoms with van der Waals surface area (Å²) in [6.45, 7) is 10.8. The third-order valence-corrected chi connectivity index (χ3v) is 3.47. The highest BCUT2D eigenvalue weighted by molar-refractivity contribution is 5.76. The van der Waals surface area contributed by atoms with E-state index in [1.807, 2.05) is 0 Å². The first-order valence-electron chi connectivity index (χ1n) is 7.37. The van der Waals surface area contributed by atoms with Crippen LogP contribution in [0.25, 0.3) is 0 Å². The van der Waals surface area contributed by atoms with Gasteiger partial charge in [0.2, 0.25) is 5.91 Å². The zero-order valence-electron chi connectivity index (χ0n) is 12.5. The van der Waals surface area contributed by atoms with Gasteiger partial charge in [-0.2, -0.15) is 0 Å². The molecule has 0 spiro atoms. The van der Waals surface area contributed by atoms with Crippen LogP contribution in [-0.4, -0.2) is 25.0 Å². The van der Waals surface area contributed by atoms with Gasteiger partial charge in [0.15, 0.2) is 0 Å². The fourth-order valence-corrected chi connectivity index (χ4v) is 2.90. The van der Waals surface area contributed by atoms with E-state index in [0.717, 1.165) is 25.9 Å². The number of carbonyl (C=O) groups excluding carboxylic acids is 1. The molecule has 0 bridgehead atoms. The molecule has 3 heteroatoms. The molecule has 106 valence electrons. The second kappa shape index (κ2) is 7.13. The van der Waals surface area contributed by atoms with E-state index in [1.54, 1.807) is 0 Å². The van der Waals surface area contributed by atoms with Gasteiger partial charge in [0.05, 0.1) is 0 Å². The Balaban J connectivity index is 2.09. The molecule has 1 aliphatic heterocycles. The van der Waals surface area contributed by atoms with E-state index in [1.165, 1.54) is 12.8 Å². The normalized spacial score (nSPS) is 21.9. The van der Waals surface area contributed by atoms with Gasteiger partial charge in [0.1, 0.15) is 0 Å². The summed E-state index contributed by atoms with van der Waals surface area (Å²) in [5.41, 5.74) is 0.313. The molecular formula is C15H30N2O. The lowest BCUT2D eigenvalue weighted by Crippen LogP contribution is -2.31. The fraction of sp³-hybridized carbons (Fsp3) is 0.933. The maximum absolute atomic E-state index is 11.8. The molecule has 1 fully saturated rings. The van der Waals surface area contributed by atoms with Gasteiger partial charge in [0.25, 0.3) is 0 Å². The Hall–Kier alpha value is -0.570. The summed E-state index contributed by atoms with van der Waals surface area (Å²) in [4.78, 5) is 11.8. The second-order valence-corrected chi connectivity index (χ2v) is 7.01. The van der Waals surface area contributed by atoms with Gasteiger partial charge in [-0.1, -0.05) is 27.7 Å². The molecule has 0 aromatic rings. The molecule has 1 amide bonds.